The molecule has 0 saturated carbocycles. The van der Waals surface area contributed by atoms with Crippen LogP contribution in [0.15, 0.2) is 40.9 Å². The summed E-state index contributed by atoms with van der Waals surface area (Å²) >= 11 is 3.09. The molecule has 0 aliphatic heterocycles. The van der Waals surface area contributed by atoms with E-state index in [-0.39, 0.29) is 15.9 Å². The van der Waals surface area contributed by atoms with Gasteiger partial charge in [-0.2, -0.15) is 0 Å². The zero-order valence-electron chi connectivity index (χ0n) is 11.7. The first kappa shape index (κ1) is 15.5. The molecule has 21 heavy (non-hydrogen) atoms. The second-order valence-electron chi connectivity index (χ2n) is 4.47. The standard InChI is InChI=1S/C16H15BrFNO2/c1-3-21-11-7-8-14(10(2)9-11)19-16(20)12-5-4-6-13(18)15(12)17/h4-9H,3H2,1-2H3,(H,19,20). The van der Waals surface area contributed by atoms with E-state index in [1.165, 1.54) is 12.1 Å². The average Bonchev–Trinajstić information content (AvgIpc) is 2.45. The van der Waals surface area contributed by atoms with E-state index in [0.717, 1.165) is 11.3 Å². The van der Waals surface area contributed by atoms with Crippen molar-refractivity contribution in [1.29, 1.82) is 0 Å². The minimum atomic E-state index is -0.467. The first-order chi connectivity index (χ1) is 10.0. The van der Waals surface area contributed by atoms with Gasteiger partial charge in [0.05, 0.1) is 16.6 Å². The molecule has 3 nitrogen and oxygen atoms in total. The van der Waals surface area contributed by atoms with Gasteiger partial charge < -0.3 is 10.1 Å². The number of ether oxygens (including phenoxy) is 1. The van der Waals surface area contributed by atoms with Crippen molar-refractivity contribution in [3.63, 3.8) is 0 Å². The minimum absolute atomic E-state index is 0.158. The summed E-state index contributed by atoms with van der Waals surface area (Å²) in [5.74, 6) is -0.0837. The van der Waals surface area contributed by atoms with Crippen molar-refractivity contribution < 1.29 is 13.9 Å². The Balaban J connectivity index is 2.22. The van der Waals surface area contributed by atoms with Gasteiger partial charge in [-0.25, -0.2) is 4.39 Å². The van der Waals surface area contributed by atoms with Gasteiger partial charge in [-0.1, -0.05) is 6.07 Å². The Hall–Kier alpha value is -1.88. The van der Waals surface area contributed by atoms with Crippen LogP contribution in [-0.2, 0) is 0 Å². The molecule has 1 N–H and O–H groups in total. The Morgan fingerprint density at radius 3 is 2.76 bits per heavy atom. The highest BCUT2D eigenvalue weighted by Crippen LogP contribution is 2.24. The predicted molar refractivity (Wildman–Crippen MR) is 84.4 cm³/mol. The lowest BCUT2D eigenvalue weighted by atomic mass is 10.1. The third-order valence-electron chi connectivity index (χ3n) is 2.95. The Kier molecular flexibility index (Phi) is 4.96. The lowest BCUT2D eigenvalue weighted by molar-refractivity contribution is 0.102. The molecule has 0 aliphatic carbocycles. The fraction of sp³-hybridized carbons (Fsp3) is 0.188. The minimum Gasteiger partial charge on any atom is -0.494 e. The van der Waals surface area contributed by atoms with Gasteiger partial charge >= 0.3 is 0 Å². The Morgan fingerprint density at radius 1 is 1.33 bits per heavy atom. The molecule has 0 unspecified atom stereocenters. The third kappa shape index (κ3) is 3.61. The van der Waals surface area contributed by atoms with Crippen molar-refractivity contribution in [3.05, 3.63) is 57.8 Å². The highest BCUT2D eigenvalue weighted by molar-refractivity contribution is 9.10. The molecule has 0 atom stereocenters. The van der Waals surface area contributed by atoms with Crippen LogP contribution in [0, 0.1) is 12.7 Å². The van der Waals surface area contributed by atoms with Crippen molar-refractivity contribution in [3.8, 4) is 5.75 Å². The first-order valence-electron chi connectivity index (χ1n) is 6.51. The van der Waals surface area contributed by atoms with E-state index in [9.17, 15) is 9.18 Å². The van der Waals surface area contributed by atoms with Gasteiger partial charge in [0, 0.05) is 5.69 Å². The van der Waals surface area contributed by atoms with E-state index < -0.39 is 5.82 Å². The number of anilines is 1. The molecule has 0 bridgehead atoms. The number of amides is 1. The lowest BCUT2D eigenvalue weighted by Gasteiger charge is -2.11. The molecule has 2 rings (SSSR count). The van der Waals surface area contributed by atoms with Crippen molar-refractivity contribution in [2.24, 2.45) is 0 Å². The summed E-state index contributed by atoms with van der Waals surface area (Å²) in [6.07, 6.45) is 0. The van der Waals surface area contributed by atoms with Crippen LogP contribution in [0.5, 0.6) is 5.75 Å². The Morgan fingerprint density at radius 2 is 2.10 bits per heavy atom. The monoisotopic (exact) mass is 351 g/mol. The number of aryl methyl sites for hydroxylation is 1. The maximum absolute atomic E-state index is 13.5. The molecular weight excluding hydrogens is 337 g/mol. The quantitative estimate of drug-likeness (QED) is 0.877. The molecule has 2 aromatic carbocycles. The molecule has 0 saturated heterocycles. The van der Waals surface area contributed by atoms with Crippen LogP contribution in [-0.4, -0.2) is 12.5 Å². The summed E-state index contributed by atoms with van der Waals surface area (Å²) < 4.78 is 19.0. The van der Waals surface area contributed by atoms with Gasteiger partial charge in [-0.15, -0.1) is 0 Å². The smallest absolute Gasteiger partial charge is 0.256 e. The van der Waals surface area contributed by atoms with Gasteiger partial charge in [0.1, 0.15) is 11.6 Å². The summed E-state index contributed by atoms with van der Waals surface area (Å²) in [6, 6.07) is 9.76. The summed E-state index contributed by atoms with van der Waals surface area (Å²) in [4.78, 5) is 12.2. The number of benzene rings is 2. The Bertz CT molecular complexity index is 673. The molecule has 0 fully saturated rings. The van der Waals surface area contributed by atoms with Gasteiger partial charge in [0.2, 0.25) is 0 Å². The maximum atomic E-state index is 13.5. The molecular formula is C16H15BrFNO2. The molecule has 0 radical (unpaired) electrons. The largest absolute Gasteiger partial charge is 0.494 e. The summed E-state index contributed by atoms with van der Waals surface area (Å²) in [5.41, 5.74) is 1.80. The number of hydrogen-bond donors (Lipinski definition) is 1. The van der Waals surface area contributed by atoms with E-state index >= 15 is 0 Å². The van der Waals surface area contributed by atoms with Crippen LogP contribution in [0.3, 0.4) is 0 Å². The second kappa shape index (κ2) is 6.72. The molecule has 2 aromatic rings. The fourth-order valence-electron chi connectivity index (χ4n) is 1.90. The highest BCUT2D eigenvalue weighted by atomic mass is 79.9. The van der Waals surface area contributed by atoms with Crippen LogP contribution in [0.25, 0.3) is 0 Å². The zero-order valence-corrected chi connectivity index (χ0v) is 13.3. The van der Waals surface area contributed by atoms with E-state index in [1.54, 1.807) is 18.2 Å². The number of carbonyl (C=O) groups is 1. The van der Waals surface area contributed by atoms with Crippen molar-refractivity contribution in [1.82, 2.24) is 0 Å². The SMILES string of the molecule is CCOc1ccc(NC(=O)c2cccc(F)c2Br)c(C)c1. The molecule has 0 aromatic heterocycles. The molecule has 5 heteroatoms. The normalized spacial score (nSPS) is 10.3. The molecule has 0 heterocycles. The third-order valence-corrected chi connectivity index (χ3v) is 3.76. The van der Waals surface area contributed by atoms with E-state index in [0.29, 0.717) is 12.3 Å². The number of carbonyl (C=O) groups excluding carboxylic acids is 1. The molecule has 0 aliphatic rings. The van der Waals surface area contributed by atoms with Gasteiger partial charge in [0.25, 0.3) is 5.91 Å². The zero-order chi connectivity index (χ0) is 15.4. The first-order valence-corrected chi connectivity index (χ1v) is 7.31. The van der Waals surface area contributed by atoms with Crippen molar-refractivity contribution in [2.45, 2.75) is 13.8 Å². The molecule has 1 amide bonds. The predicted octanol–water partition coefficient (Wildman–Crippen LogP) is 4.55. The number of rotatable bonds is 4. The van der Waals surface area contributed by atoms with E-state index in [1.807, 2.05) is 19.9 Å². The van der Waals surface area contributed by atoms with Crippen LogP contribution < -0.4 is 10.1 Å². The molecule has 0 spiro atoms. The van der Waals surface area contributed by atoms with Gasteiger partial charge in [-0.3, -0.25) is 4.79 Å². The fourth-order valence-corrected chi connectivity index (χ4v) is 2.35. The molecule has 110 valence electrons. The van der Waals surface area contributed by atoms with Crippen molar-refractivity contribution in [2.75, 3.05) is 11.9 Å². The maximum Gasteiger partial charge on any atom is 0.256 e. The van der Waals surface area contributed by atoms with Crippen molar-refractivity contribution >= 4 is 27.5 Å². The van der Waals surface area contributed by atoms with E-state index in [4.69, 9.17) is 4.74 Å². The number of hydrogen-bond acceptors (Lipinski definition) is 2. The van der Waals surface area contributed by atoms with Crippen LogP contribution >= 0.6 is 15.9 Å². The van der Waals surface area contributed by atoms with Crippen LogP contribution in [0.1, 0.15) is 22.8 Å². The second-order valence-corrected chi connectivity index (χ2v) is 5.26. The highest BCUT2D eigenvalue weighted by Gasteiger charge is 2.14. The van der Waals surface area contributed by atoms with E-state index in [2.05, 4.69) is 21.2 Å². The topological polar surface area (TPSA) is 38.3 Å². The van der Waals surface area contributed by atoms with Crippen LogP contribution in [0.2, 0.25) is 0 Å². The summed E-state index contributed by atoms with van der Waals surface area (Å²) in [6.45, 7) is 4.37. The summed E-state index contributed by atoms with van der Waals surface area (Å²) in [7, 11) is 0. The van der Waals surface area contributed by atoms with Gasteiger partial charge in [0.15, 0.2) is 0 Å². The number of halogens is 2. The Labute approximate surface area is 131 Å². The van der Waals surface area contributed by atoms with Crippen LogP contribution in [0.4, 0.5) is 10.1 Å². The number of nitrogens with one attached hydrogen (secondary N) is 1. The lowest BCUT2D eigenvalue weighted by Crippen LogP contribution is -2.14. The average molecular weight is 352 g/mol. The summed E-state index contributed by atoms with van der Waals surface area (Å²) in [5, 5.41) is 2.77. The van der Waals surface area contributed by atoms with Gasteiger partial charge in [-0.05, 0) is 65.7 Å².